The van der Waals surface area contributed by atoms with Crippen LogP contribution in [-0.4, -0.2) is 19.2 Å². The molecule has 0 aliphatic carbocycles. The van der Waals surface area contributed by atoms with E-state index in [0.717, 1.165) is 24.0 Å². The third-order valence-electron chi connectivity index (χ3n) is 2.98. The van der Waals surface area contributed by atoms with Crippen molar-refractivity contribution in [2.45, 2.75) is 19.8 Å². The van der Waals surface area contributed by atoms with Crippen molar-refractivity contribution in [3.05, 3.63) is 34.5 Å². The molecule has 1 N–H and O–H groups in total. The van der Waals surface area contributed by atoms with Crippen LogP contribution in [-0.2, 0) is 6.42 Å². The summed E-state index contributed by atoms with van der Waals surface area (Å²) >= 11 is 3.24. The lowest BCUT2D eigenvalue weighted by Gasteiger charge is -2.11. The Morgan fingerprint density at radius 3 is 2.68 bits per heavy atom. The number of benzene rings is 1. The molecule has 0 amide bonds. The number of rotatable bonds is 4. The molecule has 0 bridgehead atoms. The number of anilines is 1. The summed E-state index contributed by atoms with van der Waals surface area (Å²) in [7, 11) is 3.79. The highest BCUT2D eigenvalue weighted by Gasteiger charge is 2.21. The van der Waals surface area contributed by atoms with Crippen molar-refractivity contribution in [3.63, 3.8) is 0 Å². The predicted octanol–water partition coefficient (Wildman–Crippen LogP) is 4.43. The summed E-state index contributed by atoms with van der Waals surface area (Å²) in [5.41, 5.74) is 2.97. The van der Waals surface area contributed by atoms with Gasteiger partial charge in [0, 0.05) is 14.1 Å². The molecule has 1 aromatic carbocycles. The molecule has 0 saturated carbocycles. The fourth-order valence-electron chi connectivity index (χ4n) is 2.13. The molecule has 0 spiro atoms. The van der Waals surface area contributed by atoms with E-state index < -0.39 is 0 Å². The van der Waals surface area contributed by atoms with E-state index in [1.807, 2.05) is 31.1 Å². The molecule has 1 aromatic heterocycles. The van der Waals surface area contributed by atoms with Gasteiger partial charge in [0.05, 0.1) is 5.56 Å². The van der Waals surface area contributed by atoms with Crippen molar-refractivity contribution in [1.82, 2.24) is 0 Å². The zero-order valence-electron chi connectivity index (χ0n) is 11.4. The van der Waals surface area contributed by atoms with E-state index in [1.54, 1.807) is 0 Å². The second kappa shape index (κ2) is 5.70. The molecule has 0 atom stereocenters. The number of furan rings is 1. The van der Waals surface area contributed by atoms with Crippen LogP contribution in [0.2, 0.25) is 0 Å². The van der Waals surface area contributed by atoms with Gasteiger partial charge in [0.2, 0.25) is 10.6 Å². The molecule has 19 heavy (non-hydrogen) atoms. The first-order valence-corrected chi connectivity index (χ1v) is 7.11. The van der Waals surface area contributed by atoms with Crippen LogP contribution < -0.4 is 4.90 Å². The van der Waals surface area contributed by atoms with Gasteiger partial charge in [-0.15, -0.1) is 0 Å². The van der Waals surface area contributed by atoms with Crippen molar-refractivity contribution in [2.75, 3.05) is 19.0 Å². The normalized spacial score (nSPS) is 10.7. The van der Waals surface area contributed by atoms with E-state index in [1.165, 1.54) is 5.56 Å². The van der Waals surface area contributed by atoms with Crippen LogP contribution in [0.25, 0.3) is 11.1 Å². The van der Waals surface area contributed by atoms with Crippen molar-refractivity contribution >= 4 is 21.8 Å². The molecule has 0 radical (unpaired) electrons. The smallest absolute Gasteiger partial charge is 0.214 e. The lowest BCUT2D eigenvalue weighted by Crippen LogP contribution is -2.08. The van der Waals surface area contributed by atoms with Gasteiger partial charge >= 0.3 is 0 Å². The molecular formula is C15H18BrNO2. The molecule has 4 heteroatoms. The molecular weight excluding hydrogens is 306 g/mol. The van der Waals surface area contributed by atoms with Crippen molar-refractivity contribution < 1.29 is 9.52 Å². The molecule has 0 aliphatic rings. The summed E-state index contributed by atoms with van der Waals surface area (Å²) in [6.45, 7) is 2.16. The van der Waals surface area contributed by atoms with Gasteiger partial charge in [-0.25, -0.2) is 0 Å². The Kier molecular flexibility index (Phi) is 4.20. The highest BCUT2D eigenvalue weighted by molar-refractivity contribution is 9.10. The van der Waals surface area contributed by atoms with Gasteiger partial charge in [-0.1, -0.05) is 37.6 Å². The molecule has 2 rings (SSSR count). The van der Waals surface area contributed by atoms with Crippen LogP contribution in [0.5, 0.6) is 5.75 Å². The second-order valence-electron chi connectivity index (χ2n) is 4.75. The number of hydrogen-bond acceptors (Lipinski definition) is 3. The first-order chi connectivity index (χ1) is 9.04. The van der Waals surface area contributed by atoms with Crippen LogP contribution in [0.3, 0.4) is 0 Å². The van der Waals surface area contributed by atoms with Gasteiger partial charge in [0.25, 0.3) is 0 Å². The predicted molar refractivity (Wildman–Crippen MR) is 81.8 cm³/mol. The Hall–Kier alpha value is -1.42. The minimum absolute atomic E-state index is 0.150. The van der Waals surface area contributed by atoms with Crippen LogP contribution in [0, 0.1) is 0 Å². The standard InChI is InChI=1S/C15H18BrNO2/c1-4-6-10-7-5-8-11(9-10)12-13(18)14(16)19-15(12)17(2)3/h5,7-9,18H,4,6H2,1-3H3. The zero-order chi connectivity index (χ0) is 14.0. The van der Waals surface area contributed by atoms with Crippen molar-refractivity contribution in [2.24, 2.45) is 0 Å². The molecule has 1 heterocycles. The fourth-order valence-corrected chi connectivity index (χ4v) is 2.48. The summed E-state index contributed by atoms with van der Waals surface area (Å²) in [5.74, 6) is 0.801. The van der Waals surface area contributed by atoms with Crippen molar-refractivity contribution in [3.8, 4) is 16.9 Å². The van der Waals surface area contributed by atoms with E-state index in [2.05, 4.69) is 35.0 Å². The van der Waals surface area contributed by atoms with E-state index >= 15 is 0 Å². The number of nitrogens with zero attached hydrogens (tertiary/aromatic N) is 1. The van der Waals surface area contributed by atoms with Crippen molar-refractivity contribution in [1.29, 1.82) is 0 Å². The minimum Gasteiger partial charge on any atom is -0.503 e. The number of halogens is 1. The lowest BCUT2D eigenvalue weighted by molar-refractivity contribution is 0.447. The van der Waals surface area contributed by atoms with Crippen LogP contribution in [0.15, 0.2) is 33.4 Å². The molecule has 2 aromatic rings. The molecule has 0 aliphatic heterocycles. The van der Waals surface area contributed by atoms with E-state index in [0.29, 0.717) is 10.6 Å². The average Bonchev–Trinajstić information content (AvgIpc) is 2.67. The van der Waals surface area contributed by atoms with Crippen LogP contribution in [0.1, 0.15) is 18.9 Å². The quantitative estimate of drug-likeness (QED) is 0.904. The Morgan fingerprint density at radius 2 is 2.05 bits per heavy atom. The summed E-state index contributed by atoms with van der Waals surface area (Å²) in [6, 6.07) is 8.21. The largest absolute Gasteiger partial charge is 0.503 e. The number of aryl methyl sites for hydroxylation is 1. The van der Waals surface area contributed by atoms with Gasteiger partial charge in [0.1, 0.15) is 0 Å². The monoisotopic (exact) mass is 323 g/mol. The van der Waals surface area contributed by atoms with Gasteiger partial charge in [0.15, 0.2) is 5.75 Å². The highest BCUT2D eigenvalue weighted by atomic mass is 79.9. The summed E-state index contributed by atoms with van der Waals surface area (Å²) in [5, 5.41) is 10.2. The van der Waals surface area contributed by atoms with Crippen LogP contribution >= 0.6 is 15.9 Å². The third-order valence-corrected chi connectivity index (χ3v) is 3.52. The molecule has 3 nitrogen and oxygen atoms in total. The highest BCUT2D eigenvalue weighted by Crippen LogP contribution is 2.45. The summed E-state index contributed by atoms with van der Waals surface area (Å²) < 4.78 is 5.92. The maximum atomic E-state index is 10.2. The molecule has 0 unspecified atom stereocenters. The summed E-state index contributed by atoms with van der Waals surface area (Å²) in [6.07, 6.45) is 2.13. The van der Waals surface area contributed by atoms with Gasteiger partial charge in [-0.3, -0.25) is 0 Å². The Bertz CT molecular complexity index is 576. The maximum Gasteiger partial charge on any atom is 0.214 e. The minimum atomic E-state index is 0.150. The average molecular weight is 324 g/mol. The topological polar surface area (TPSA) is 36.6 Å². The Morgan fingerprint density at radius 1 is 1.32 bits per heavy atom. The molecule has 0 saturated heterocycles. The number of hydrogen-bond donors (Lipinski definition) is 1. The van der Waals surface area contributed by atoms with Crippen LogP contribution in [0.4, 0.5) is 5.88 Å². The third kappa shape index (κ3) is 2.78. The zero-order valence-corrected chi connectivity index (χ0v) is 13.0. The SMILES string of the molecule is CCCc1cccc(-c2c(N(C)C)oc(Br)c2O)c1. The van der Waals surface area contributed by atoms with E-state index in [4.69, 9.17) is 4.42 Å². The van der Waals surface area contributed by atoms with Gasteiger partial charge in [-0.05, 0) is 33.5 Å². The number of aromatic hydroxyl groups is 1. The van der Waals surface area contributed by atoms with Gasteiger partial charge in [-0.2, -0.15) is 0 Å². The Labute approximate surface area is 122 Å². The van der Waals surface area contributed by atoms with Gasteiger partial charge < -0.3 is 14.4 Å². The Balaban J connectivity index is 2.54. The second-order valence-corrected chi connectivity index (χ2v) is 5.47. The molecule has 0 fully saturated rings. The first-order valence-electron chi connectivity index (χ1n) is 6.32. The van der Waals surface area contributed by atoms with E-state index in [-0.39, 0.29) is 5.75 Å². The summed E-state index contributed by atoms with van der Waals surface area (Å²) in [4.78, 5) is 1.85. The lowest BCUT2D eigenvalue weighted by atomic mass is 10.0. The van der Waals surface area contributed by atoms with E-state index in [9.17, 15) is 5.11 Å². The first kappa shape index (κ1) is 14.0. The molecule has 102 valence electrons. The fraction of sp³-hybridized carbons (Fsp3) is 0.333. The maximum absolute atomic E-state index is 10.2.